The summed E-state index contributed by atoms with van der Waals surface area (Å²) in [5.74, 6) is 1.47. The zero-order chi connectivity index (χ0) is 33.4. The number of nitrogens with zero attached hydrogens (tertiary/aromatic N) is 5. The first-order chi connectivity index (χ1) is 23.0. The molecule has 9 nitrogen and oxygen atoms in total. The number of carbonyl (C=O) groups excluding carboxylic acids is 1. The first-order valence-electron chi connectivity index (χ1n) is 19.0. The zero-order valence-corrected chi connectivity index (χ0v) is 29.5. The smallest absolute Gasteiger partial charge is 0.407 e. The lowest BCUT2D eigenvalue weighted by atomic mass is 9.55. The van der Waals surface area contributed by atoms with Crippen molar-refractivity contribution in [1.82, 2.24) is 19.6 Å². The Morgan fingerprint density at radius 1 is 0.958 bits per heavy atom. The summed E-state index contributed by atoms with van der Waals surface area (Å²) in [6, 6.07) is 5.67. The summed E-state index contributed by atoms with van der Waals surface area (Å²) in [5, 5.41) is 14.7. The van der Waals surface area contributed by atoms with Crippen molar-refractivity contribution in [2.75, 3.05) is 24.5 Å². The summed E-state index contributed by atoms with van der Waals surface area (Å²) in [6.45, 7) is 11.7. The van der Waals surface area contributed by atoms with Crippen LogP contribution in [0.4, 0.5) is 10.5 Å². The fourth-order valence-corrected chi connectivity index (χ4v) is 10.2. The zero-order valence-electron chi connectivity index (χ0n) is 29.5. The van der Waals surface area contributed by atoms with Gasteiger partial charge in [-0.05, 0) is 108 Å². The lowest BCUT2D eigenvalue weighted by molar-refractivity contribution is -0.133. The number of likely N-dealkylation sites (tertiary alicyclic amines) is 2. The number of rotatable bonds is 6. The molecule has 2 saturated heterocycles. The summed E-state index contributed by atoms with van der Waals surface area (Å²) < 4.78 is 8.96. The van der Waals surface area contributed by atoms with Gasteiger partial charge in [0.15, 0.2) is 0 Å². The Labute approximate surface area is 286 Å². The first kappa shape index (κ1) is 32.2. The van der Waals surface area contributed by atoms with Gasteiger partial charge in [0.2, 0.25) is 5.91 Å². The third-order valence-electron chi connectivity index (χ3n) is 12.9. The summed E-state index contributed by atoms with van der Waals surface area (Å²) in [5.41, 5.74) is 4.59. The van der Waals surface area contributed by atoms with Crippen LogP contribution in [-0.4, -0.2) is 80.6 Å². The summed E-state index contributed by atoms with van der Waals surface area (Å²) >= 11 is 0. The van der Waals surface area contributed by atoms with Crippen molar-refractivity contribution in [3.05, 3.63) is 30.1 Å². The highest BCUT2D eigenvalue weighted by Gasteiger charge is 2.59. The molecule has 1 spiro atoms. The highest BCUT2D eigenvalue weighted by molar-refractivity contribution is 5.99. The monoisotopic (exact) mass is 657 g/mol. The van der Waals surface area contributed by atoms with E-state index in [0.717, 1.165) is 99.9 Å². The molecule has 1 unspecified atom stereocenters. The minimum Gasteiger partial charge on any atom is -0.489 e. The van der Waals surface area contributed by atoms with Crippen molar-refractivity contribution in [2.45, 2.75) is 141 Å². The fraction of sp³-hybridized carbons (Fsp3) is 0.718. The molecule has 6 aliphatic rings. The van der Waals surface area contributed by atoms with E-state index >= 15 is 0 Å². The molecule has 3 saturated carbocycles. The van der Waals surface area contributed by atoms with Gasteiger partial charge in [0.1, 0.15) is 5.75 Å². The predicted molar refractivity (Wildman–Crippen MR) is 186 cm³/mol. The van der Waals surface area contributed by atoms with Crippen LogP contribution in [0.2, 0.25) is 0 Å². The van der Waals surface area contributed by atoms with Crippen LogP contribution in [0.5, 0.6) is 5.75 Å². The van der Waals surface area contributed by atoms with Gasteiger partial charge in [-0.1, -0.05) is 20.8 Å². The van der Waals surface area contributed by atoms with Gasteiger partial charge in [-0.3, -0.25) is 9.48 Å². The number of ether oxygens (including phenoxy) is 1. The normalized spacial score (nSPS) is 30.1. The van der Waals surface area contributed by atoms with Gasteiger partial charge in [0, 0.05) is 72.0 Å². The van der Waals surface area contributed by atoms with E-state index in [9.17, 15) is 14.7 Å². The molecule has 2 aromatic rings. The molecule has 3 aliphatic heterocycles. The topological polar surface area (TPSA) is 91.1 Å². The second-order valence-electron chi connectivity index (χ2n) is 17.2. The number of hydrogen-bond acceptors (Lipinski definition) is 5. The molecule has 2 amide bonds. The molecule has 8 rings (SSSR count). The number of piperidine rings is 1. The van der Waals surface area contributed by atoms with Crippen molar-refractivity contribution < 1.29 is 19.4 Å². The van der Waals surface area contributed by atoms with E-state index in [1.165, 1.54) is 24.8 Å². The molecular formula is C39H55N5O4. The van der Waals surface area contributed by atoms with Crippen molar-refractivity contribution in [1.29, 1.82) is 0 Å². The first-order valence-corrected chi connectivity index (χ1v) is 19.0. The SMILES string of the molecule is C[C@H]1CCc2c(ccc(-c3cnn(C4CCN(C5CCC6(CC5)CN(C(=O)O)C6C(C)(C)C)CC4)c3)c2OC2CCC2)N1C(=O)C1CC1. The number of anilines is 1. The van der Waals surface area contributed by atoms with Gasteiger partial charge in [-0.2, -0.15) is 5.10 Å². The molecule has 260 valence electrons. The maximum Gasteiger partial charge on any atom is 0.407 e. The summed E-state index contributed by atoms with van der Waals surface area (Å²) in [4.78, 5) is 31.7. The van der Waals surface area contributed by atoms with E-state index < -0.39 is 6.09 Å². The van der Waals surface area contributed by atoms with Gasteiger partial charge in [0.25, 0.3) is 0 Å². The Morgan fingerprint density at radius 2 is 1.69 bits per heavy atom. The minimum absolute atomic E-state index is 0.0400. The van der Waals surface area contributed by atoms with Gasteiger partial charge < -0.3 is 24.5 Å². The highest BCUT2D eigenvalue weighted by Crippen LogP contribution is 2.55. The molecule has 48 heavy (non-hydrogen) atoms. The van der Waals surface area contributed by atoms with E-state index in [1.807, 2.05) is 6.20 Å². The molecule has 0 bridgehead atoms. The maximum absolute atomic E-state index is 13.4. The Bertz CT molecular complexity index is 1540. The second kappa shape index (κ2) is 12.1. The lowest BCUT2D eigenvalue weighted by Crippen LogP contribution is -2.71. The van der Waals surface area contributed by atoms with Crippen LogP contribution in [-0.2, 0) is 11.2 Å². The summed E-state index contributed by atoms with van der Waals surface area (Å²) in [6.07, 6.45) is 17.9. The van der Waals surface area contributed by atoms with E-state index in [-0.39, 0.29) is 34.9 Å². The number of carboxylic acid groups (broad SMARTS) is 1. The third-order valence-corrected chi connectivity index (χ3v) is 12.9. The molecule has 2 atom stereocenters. The van der Waals surface area contributed by atoms with E-state index in [1.54, 1.807) is 4.90 Å². The molecular weight excluding hydrogens is 602 g/mol. The molecule has 0 radical (unpaired) electrons. The second-order valence-corrected chi connectivity index (χ2v) is 17.2. The predicted octanol–water partition coefficient (Wildman–Crippen LogP) is 7.53. The number of hydrogen-bond donors (Lipinski definition) is 1. The standard InChI is InChI=1S/C39H55N5O4/c1-25-8-11-32-33(44(25)35(45)26-9-10-26)13-12-31(34(32)48-30-6-5-7-30)27-22-40-43(23-27)29-16-20-41(21-17-29)28-14-18-39(19-15-28)24-42(37(46)47)36(39)38(2,3)4/h12-13,22-23,25-26,28-30,36H,5-11,14-21,24H2,1-4H3,(H,46,47)/t25-,28?,36?,39?/m0/s1. The lowest BCUT2D eigenvalue weighted by Gasteiger charge is -2.63. The van der Waals surface area contributed by atoms with Crippen molar-refractivity contribution in [2.24, 2.45) is 16.7 Å². The van der Waals surface area contributed by atoms with Gasteiger partial charge in [-0.15, -0.1) is 0 Å². The van der Waals surface area contributed by atoms with Crippen molar-refractivity contribution in [3.63, 3.8) is 0 Å². The minimum atomic E-state index is -0.762. The number of benzene rings is 1. The largest absolute Gasteiger partial charge is 0.489 e. The highest BCUT2D eigenvalue weighted by atomic mass is 16.5. The van der Waals surface area contributed by atoms with Crippen molar-refractivity contribution in [3.8, 4) is 16.9 Å². The average molecular weight is 658 g/mol. The van der Waals surface area contributed by atoms with Crippen LogP contribution >= 0.6 is 0 Å². The Morgan fingerprint density at radius 3 is 2.31 bits per heavy atom. The third kappa shape index (κ3) is 5.62. The molecule has 5 fully saturated rings. The summed E-state index contributed by atoms with van der Waals surface area (Å²) in [7, 11) is 0. The van der Waals surface area contributed by atoms with Crippen LogP contribution < -0.4 is 9.64 Å². The molecule has 1 N–H and O–H groups in total. The Balaban J connectivity index is 0.942. The average Bonchev–Trinajstić information content (AvgIpc) is 3.77. The Hall–Kier alpha value is -3.07. The number of aromatic nitrogens is 2. The Kier molecular flexibility index (Phi) is 8.08. The van der Waals surface area contributed by atoms with Crippen LogP contribution in [0.3, 0.4) is 0 Å². The van der Waals surface area contributed by atoms with Gasteiger partial charge >= 0.3 is 6.09 Å². The van der Waals surface area contributed by atoms with E-state index in [0.29, 0.717) is 24.5 Å². The van der Waals surface area contributed by atoms with Crippen LogP contribution in [0.15, 0.2) is 24.5 Å². The van der Waals surface area contributed by atoms with Gasteiger partial charge in [0.05, 0.1) is 24.0 Å². The number of fused-ring (bicyclic) bond motifs is 1. The van der Waals surface area contributed by atoms with Crippen LogP contribution in [0.1, 0.15) is 116 Å². The van der Waals surface area contributed by atoms with Gasteiger partial charge in [-0.25, -0.2) is 4.79 Å². The molecule has 1 aromatic heterocycles. The molecule has 3 aliphatic carbocycles. The maximum atomic E-state index is 13.4. The quantitative estimate of drug-likeness (QED) is 0.345. The molecule has 9 heteroatoms. The van der Waals surface area contributed by atoms with Crippen LogP contribution in [0.25, 0.3) is 11.1 Å². The molecule has 1 aromatic carbocycles. The van der Waals surface area contributed by atoms with E-state index in [4.69, 9.17) is 9.84 Å². The van der Waals surface area contributed by atoms with E-state index in [2.05, 4.69) is 60.5 Å². The number of carbonyl (C=O) groups is 2. The van der Waals surface area contributed by atoms with Crippen molar-refractivity contribution >= 4 is 17.7 Å². The van der Waals surface area contributed by atoms with Crippen LogP contribution in [0, 0.1) is 16.7 Å². The molecule has 4 heterocycles. The number of amides is 2. The fourth-order valence-electron chi connectivity index (χ4n) is 10.2.